The summed E-state index contributed by atoms with van der Waals surface area (Å²) in [7, 11) is 0. The number of aromatic nitrogens is 2. The number of allylic oxidation sites excluding steroid dienone is 2. The third-order valence-electron chi connectivity index (χ3n) is 5.12. The van der Waals surface area contributed by atoms with Crippen molar-refractivity contribution in [1.82, 2.24) is 9.13 Å². The molecule has 0 amide bonds. The van der Waals surface area contributed by atoms with Crippen molar-refractivity contribution in [1.29, 1.82) is 0 Å². The van der Waals surface area contributed by atoms with Crippen LogP contribution in [0.3, 0.4) is 0 Å². The number of aromatic carboxylic acids is 1. The highest BCUT2D eigenvalue weighted by Gasteiger charge is 2.16. The molecule has 3 rings (SSSR count). The van der Waals surface area contributed by atoms with E-state index in [9.17, 15) is 19.5 Å². The van der Waals surface area contributed by atoms with Gasteiger partial charge in [0, 0.05) is 24.7 Å². The van der Waals surface area contributed by atoms with Crippen LogP contribution in [0.15, 0.2) is 71.7 Å². The molecule has 160 valence electrons. The Bertz CT molecular complexity index is 1170. The first kappa shape index (κ1) is 22.0. The molecule has 1 N–H and O–H groups in total. The average molecular weight is 418 g/mol. The number of rotatable bonds is 8. The lowest BCUT2D eigenvalue weighted by molar-refractivity contribution is 0.0697. The summed E-state index contributed by atoms with van der Waals surface area (Å²) in [6, 6.07) is 14.3. The van der Waals surface area contributed by atoms with E-state index >= 15 is 0 Å². The van der Waals surface area contributed by atoms with Crippen LogP contribution in [0.1, 0.15) is 53.1 Å². The zero-order valence-electron chi connectivity index (χ0n) is 17.7. The number of carbonyl (C=O) groups is 2. The predicted molar refractivity (Wildman–Crippen MR) is 121 cm³/mol. The van der Waals surface area contributed by atoms with Gasteiger partial charge in [-0.2, -0.15) is 0 Å². The molecule has 1 aromatic heterocycles. The van der Waals surface area contributed by atoms with Crippen LogP contribution in [0.25, 0.3) is 11.1 Å². The number of carboxylic acid groups (broad SMARTS) is 1. The fraction of sp³-hybridized carbons (Fsp3) is 0.240. The molecule has 0 spiro atoms. The van der Waals surface area contributed by atoms with Gasteiger partial charge < -0.3 is 5.11 Å². The standard InChI is InChI=1S/C25H26N2O4/c1-3-5-9-20-17-27(23(28)8-4-2)25(31)26(20)16-18-12-14-19(15-13-18)21-10-6-7-11-22(21)24(29)30/h3,5-7,10-15,17H,4,8-9,16H2,1-2H3,(H,29,30)/b5-3+. The van der Waals surface area contributed by atoms with Gasteiger partial charge in [0.1, 0.15) is 0 Å². The minimum atomic E-state index is -0.974. The Morgan fingerprint density at radius 1 is 1.06 bits per heavy atom. The van der Waals surface area contributed by atoms with Crippen LogP contribution in [0.5, 0.6) is 0 Å². The van der Waals surface area contributed by atoms with Gasteiger partial charge in [-0.25, -0.2) is 14.2 Å². The number of imidazole rings is 1. The lowest BCUT2D eigenvalue weighted by Crippen LogP contribution is -2.29. The van der Waals surface area contributed by atoms with E-state index < -0.39 is 5.97 Å². The number of nitrogens with zero attached hydrogens (tertiary/aromatic N) is 2. The van der Waals surface area contributed by atoms with Crippen LogP contribution in [0.2, 0.25) is 0 Å². The van der Waals surface area contributed by atoms with E-state index in [1.165, 1.54) is 4.57 Å². The van der Waals surface area contributed by atoms with E-state index in [2.05, 4.69) is 0 Å². The van der Waals surface area contributed by atoms with E-state index in [0.717, 1.165) is 16.8 Å². The molecule has 0 aliphatic heterocycles. The van der Waals surface area contributed by atoms with Gasteiger partial charge in [-0.3, -0.25) is 9.36 Å². The van der Waals surface area contributed by atoms with Gasteiger partial charge in [0.25, 0.3) is 0 Å². The molecular formula is C25H26N2O4. The Kier molecular flexibility index (Phi) is 7.03. The van der Waals surface area contributed by atoms with Crippen LogP contribution in [0.4, 0.5) is 0 Å². The first-order valence-electron chi connectivity index (χ1n) is 10.3. The number of hydrogen-bond acceptors (Lipinski definition) is 3. The molecule has 0 saturated heterocycles. The molecule has 0 aliphatic carbocycles. The Labute approximate surface area is 181 Å². The lowest BCUT2D eigenvalue weighted by Gasteiger charge is -2.09. The van der Waals surface area contributed by atoms with E-state index in [1.807, 2.05) is 50.3 Å². The lowest BCUT2D eigenvalue weighted by atomic mass is 9.99. The van der Waals surface area contributed by atoms with Gasteiger partial charge in [-0.05, 0) is 36.1 Å². The maximum absolute atomic E-state index is 12.9. The van der Waals surface area contributed by atoms with Crippen molar-refractivity contribution in [3.63, 3.8) is 0 Å². The van der Waals surface area contributed by atoms with Crippen molar-refractivity contribution < 1.29 is 14.7 Å². The van der Waals surface area contributed by atoms with E-state index in [0.29, 0.717) is 31.4 Å². The topological polar surface area (TPSA) is 81.3 Å². The zero-order chi connectivity index (χ0) is 22.4. The Morgan fingerprint density at radius 3 is 2.42 bits per heavy atom. The Balaban J connectivity index is 1.93. The number of carbonyl (C=O) groups excluding carboxylic acids is 1. The Hall–Kier alpha value is -3.67. The zero-order valence-corrected chi connectivity index (χ0v) is 17.7. The molecule has 0 fully saturated rings. The molecule has 1 heterocycles. The van der Waals surface area contributed by atoms with Crippen molar-refractivity contribution in [2.24, 2.45) is 0 Å². The van der Waals surface area contributed by atoms with Gasteiger partial charge in [-0.15, -0.1) is 0 Å². The molecule has 2 aromatic carbocycles. The first-order valence-corrected chi connectivity index (χ1v) is 10.3. The number of benzene rings is 2. The normalized spacial score (nSPS) is 11.2. The SMILES string of the molecule is C/C=C/Cc1cn(C(=O)CCC)c(=O)n1Cc1ccc(-c2ccccc2C(=O)O)cc1. The summed E-state index contributed by atoms with van der Waals surface area (Å²) in [5.41, 5.74) is 3.00. The highest BCUT2D eigenvalue weighted by molar-refractivity contribution is 5.96. The van der Waals surface area contributed by atoms with E-state index in [1.54, 1.807) is 35.0 Å². The summed E-state index contributed by atoms with van der Waals surface area (Å²) in [6.07, 6.45) is 7.06. The van der Waals surface area contributed by atoms with Gasteiger partial charge in [0.05, 0.1) is 12.1 Å². The van der Waals surface area contributed by atoms with Crippen LogP contribution in [0, 0.1) is 0 Å². The fourth-order valence-electron chi connectivity index (χ4n) is 3.50. The second-order valence-corrected chi connectivity index (χ2v) is 7.32. The molecule has 6 nitrogen and oxygen atoms in total. The summed E-state index contributed by atoms with van der Waals surface area (Å²) in [5, 5.41) is 9.42. The monoisotopic (exact) mass is 418 g/mol. The molecule has 0 unspecified atom stereocenters. The number of carboxylic acids is 1. The fourth-order valence-corrected chi connectivity index (χ4v) is 3.50. The predicted octanol–water partition coefficient (Wildman–Crippen LogP) is 4.62. The van der Waals surface area contributed by atoms with Crippen LogP contribution < -0.4 is 5.69 Å². The summed E-state index contributed by atoms with van der Waals surface area (Å²) in [5.74, 6) is -1.17. The van der Waals surface area contributed by atoms with Crippen molar-refractivity contribution in [3.8, 4) is 11.1 Å². The van der Waals surface area contributed by atoms with Crippen LogP contribution >= 0.6 is 0 Å². The quantitative estimate of drug-likeness (QED) is 0.541. The van der Waals surface area contributed by atoms with Crippen molar-refractivity contribution in [3.05, 3.63) is 94.2 Å². The highest BCUT2D eigenvalue weighted by atomic mass is 16.4. The summed E-state index contributed by atoms with van der Waals surface area (Å²) < 4.78 is 2.83. The summed E-state index contributed by atoms with van der Waals surface area (Å²) in [4.78, 5) is 36.7. The third kappa shape index (κ3) is 4.91. The van der Waals surface area contributed by atoms with E-state index in [4.69, 9.17) is 0 Å². The maximum Gasteiger partial charge on any atom is 0.336 e. The minimum absolute atomic E-state index is 0.200. The Morgan fingerprint density at radius 2 is 1.77 bits per heavy atom. The van der Waals surface area contributed by atoms with Gasteiger partial charge in [0.2, 0.25) is 5.91 Å². The van der Waals surface area contributed by atoms with Gasteiger partial charge >= 0.3 is 11.7 Å². The molecule has 0 bridgehead atoms. The van der Waals surface area contributed by atoms with Crippen molar-refractivity contribution >= 4 is 11.9 Å². The van der Waals surface area contributed by atoms with Crippen molar-refractivity contribution in [2.45, 2.75) is 39.7 Å². The highest BCUT2D eigenvalue weighted by Crippen LogP contribution is 2.24. The van der Waals surface area contributed by atoms with Gasteiger partial charge in [-0.1, -0.05) is 61.5 Å². The molecule has 0 saturated carbocycles. The molecular weight excluding hydrogens is 392 g/mol. The van der Waals surface area contributed by atoms with Crippen LogP contribution in [-0.4, -0.2) is 26.1 Å². The largest absolute Gasteiger partial charge is 0.478 e. The molecule has 3 aromatic rings. The second-order valence-electron chi connectivity index (χ2n) is 7.32. The molecule has 31 heavy (non-hydrogen) atoms. The molecule has 6 heteroatoms. The molecule has 0 atom stereocenters. The van der Waals surface area contributed by atoms with E-state index in [-0.39, 0.29) is 17.2 Å². The summed E-state index contributed by atoms with van der Waals surface area (Å²) in [6.45, 7) is 4.15. The molecule has 0 radical (unpaired) electrons. The summed E-state index contributed by atoms with van der Waals surface area (Å²) >= 11 is 0. The first-order chi connectivity index (χ1) is 15.0. The molecule has 0 aliphatic rings. The average Bonchev–Trinajstić information content (AvgIpc) is 3.08. The van der Waals surface area contributed by atoms with Gasteiger partial charge in [0.15, 0.2) is 0 Å². The number of hydrogen-bond donors (Lipinski definition) is 1. The van der Waals surface area contributed by atoms with Crippen molar-refractivity contribution in [2.75, 3.05) is 0 Å². The van der Waals surface area contributed by atoms with Crippen LogP contribution in [-0.2, 0) is 13.0 Å². The minimum Gasteiger partial charge on any atom is -0.478 e. The second kappa shape index (κ2) is 9.89. The third-order valence-corrected chi connectivity index (χ3v) is 5.12. The smallest absolute Gasteiger partial charge is 0.336 e. The maximum atomic E-state index is 12.9.